The molecule has 3 aliphatic carbocycles. The van der Waals surface area contributed by atoms with Gasteiger partial charge in [0, 0.05) is 11.5 Å². The predicted octanol–water partition coefficient (Wildman–Crippen LogP) is -0.154. The molecule has 1 aromatic carbocycles. The van der Waals surface area contributed by atoms with Gasteiger partial charge in [0.15, 0.2) is 34.7 Å². The van der Waals surface area contributed by atoms with Gasteiger partial charge in [-0.25, -0.2) is 0 Å². The number of nitrogens with two attached hydrogens (primary N) is 1. The lowest BCUT2D eigenvalue weighted by Gasteiger charge is -2.56. The Bertz CT molecular complexity index is 1450. The van der Waals surface area contributed by atoms with Gasteiger partial charge in [0.25, 0.3) is 0 Å². The van der Waals surface area contributed by atoms with Crippen LogP contribution in [0.15, 0.2) is 12.1 Å². The van der Waals surface area contributed by atoms with Crippen LogP contribution in [-0.2, 0) is 24.0 Å². The first-order valence-electron chi connectivity index (χ1n) is 14.7. The van der Waals surface area contributed by atoms with E-state index in [-0.39, 0.29) is 22.4 Å². The average molecular weight is 615 g/mol. The summed E-state index contributed by atoms with van der Waals surface area (Å²) in [4.78, 5) is 83.6. The number of carbonyl (C=O) groups is 6. The molecule has 3 aliphatic rings. The molecule has 0 radical (unpaired) electrons. The van der Waals surface area contributed by atoms with Crippen molar-refractivity contribution in [2.24, 2.45) is 29.4 Å². The monoisotopic (exact) mass is 614 g/mol. The van der Waals surface area contributed by atoms with Gasteiger partial charge in [-0.2, -0.15) is 0 Å². The molecule has 13 heteroatoms. The van der Waals surface area contributed by atoms with Crippen LogP contribution >= 0.6 is 0 Å². The molecule has 9 atom stereocenters. The molecule has 1 aromatic rings. The van der Waals surface area contributed by atoms with E-state index in [2.05, 4.69) is 5.32 Å². The number of hydrogen-bond acceptors (Lipinski definition) is 11. The molecule has 0 bridgehead atoms. The van der Waals surface area contributed by atoms with Crippen molar-refractivity contribution in [3.8, 4) is 5.75 Å². The van der Waals surface area contributed by atoms with Crippen molar-refractivity contribution >= 4 is 40.6 Å². The van der Waals surface area contributed by atoms with E-state index >= 15 is 0 Å². The van der Waals surface area contributed by atoms with Crippen LogP contribution in [0.4, 0.5) is 5.69 Å². The third-order valence-corrected chi connectivity index (χ3v) is 9.96. The largest absolute Gasteiger partial charge is 0.505 e. The minimum absolute atomic E-state index is 0.0743. The van der Waals surface area contributed by atoms with Gasteiger partial charge >= 0.3 is 0 Å². The van der Waals surface area contributed by atoms with E-state index in [1.54, 1.807) is 14.0 Å². The van der Waals surface area contributed by atoms with Gasteiger partial charge in [-0.05, 0) is 65.9 Å². The summed E-state index contributed by atoms with van der Waals surface area (Å²) in [7, 11) is 4.66. The molecule has 0 aliphatic heterocycles. The first-order valence-corrected chi connectivity index (χ1v) is 14.7. The highest BCUT2D eigenvalue weighted by Gasteiger charge is 2.72. The normalized spacial score (nSPS) is 32.7. The summed E-state index contributed by atoms with van der Waals surface area (Å²) in [5.74, 6) is -14.7. The maximum absolute atomic E-state index is 14.1. The number of nitrogens with zero attached hydrogens (tertiary/aromatic N) is 2. The van der Waals surface area contributed by atoms with Crippen LogP contribution in [0.1, 0.15) is 62.9 Å². The van der Waals surface area contributed by atoms with Crippen molar-refractivity contribution < 1.29 is 44.1 Å². The molecular weight excluding hydrogens is 572 g/mol. The molecule has 0 heterocycles. The molecule has 240 valence electrons. The maximum Gasteiger partial charge on any atom is 0.241 e. The number of aliphatic hydroxyl groups excluding tert-OH is 1. The number of Topliss-reactive ketones (excluding diaryl/α,β-unsaturated/α-hetero) is 4. The number of ketones is 4. The Morgan fingerprint density at radius 3 is 2.18 bits per heavy atom. The van der Waals surface area contributed by atoms with Crippen molar-refractivity contribution in [3.63, 3.8) is 0 Å². The van der Waals surface area contributed by atoms with Gasteiger partial charge in [-0.3, -0.25) is 38.6 Å². The minimum Gasteiger partial charge on any atom is -0.505 e. The molecule has 0 aromatic heterocycles. The van der Waals surface area contributed by atoms with E-state index in [0.717, 1.165) is 0 Å². The smallest absolute Gasteiger partial charge is 0.241 e. The number of likely N-dealkylation sites (N-methyl/N-ethyl adjacent to an activating group) is 2. The highest BCUT2D eigenvalue weighted by Crippen LogP contribution is 2.55. The number of carbonyl (C=O) groups excluding carboxylic acids is 6. The van der Waals surface area contributed by atoms with Crippen molar-refractivity contribution in [2.45, 2.75) is 76.3 Å². The molecule has 44 heavy (non-hydrogen) atoms. The van der Waals surface area contributed by atoms with Crippen LogP contribution in [0.5, 0.6) is 5.75 Å². The number of phenols is 1. The summed E-state index contributed by atoms with van der Waals surface area (Å²) in [6.45, 7) is 9.30. The second-order valence-electron chi connectivity index (χ2n) is 13.5. The molecule has 2 amide bonds. The molecule has 2 fully saturated rings. The van der Waals surface area contributed by atoms with Gasteiger partial charge in [-0.15, -0.1) is 0 Å². The average Bonchev–Trinajstić information content (AvgIpc) is 2.91. The number of anilines is 1. The molecule has 6 N–H and O–H groups in total. The fourth-order valence-corrected chi connectivity index (χ4v) is 7.41. The van der Waals surface area contributed by atoms with Gasteiger partial charge in [0.05, 0.1) is 41.3 Å². The van der Waals surface area contributed by atoms with E-state index < -0.39 is 94.1 Å². The number of phenolic OH excluding ortho intramolecular Hbond substituents is 1. The lowest BCUT2D eigenvalue weighted by atomic mass is 9.49. The van der Waals surface area contributed by atoms with Crippen LogP contribution in [0.25, 0.3) is 0 Å². The summed E-state index contributed by atoms with van der Waals surface area (Å²) >= 11 is 0. The SMILES string of the molecule is CCC(C(=O)Nc1ccc2c(c1O)C(=O)C1C(=O)[C@]3(O)C(=O)C(C(N)=O)C(=O)[C@@H](N(C)C)C3C(O)C1C2C)N(C)C(C)(C)C. The van der Waals surface area contributed by atoms with Gasteiger partial charge < -0.3 is 26.4 Å². The molecular formula is C31H42N4O9. The van der Waals surface area contributed by atoms with E-state index in [0.29, 0.717) is 6.42 Å². The van der Waals surface area contributed by atoms with Gasteiger partial charge in [0.1, 0.15) is 5.75 Å². The Balaban J connectivity index is 1.81. The minimum atomic E-state index is -3.08. The van der Waals surface area contributed by atoms with Crippen molar-refractivity contribution in [1.82, 2.24) is 9.80 Å². The number of aromatic hydroxyl groups is 1. The second kappa shape index (κ2) is 11.1. The van der Waals surface area contributed by atoms with Crippen molar-refractivity contribution in [1.29, 1.82) is 0 Å². The zero-order chi connectivity index (χ0) is 33.4. The highest BCUT2D eigenvalue weighted by molar-refractivity contribution is 6.32. The summed E-state index contributed by atoms with van der Waals surface area (Å²) in [6, 6.07) is 0.928. The lowest BCUT2D eigenvalue weighted by Crippen LogP contribution is -2.77. The van der Waals surface area contributed by atoms with Crippen LogP contribution in [0.3, 0.4) is 0 Å². The number of aliphatic hydroxyl groups is 2. The first-order chi connectivity index (χ1) is 20.2. The van der Waals surface area contributed by atoms with Crippen LogP contribution in [-0.4, -0.2) is 111 Å². The van der Waals surface area contributed by atoms with E-state index in [1.807, 2.05) is 32.6 Å². The second-order valence-corrected chi connectivity index (χ2v) is 13.5. The zero-order valence-corrected chi connectivity index (χ0v) is 26.2. The number of amides is 2. The summed E-state index contributed by atoms with van der Waals surface area (Å²) in [6.07, 6.45) is -1.27. The van der Waals surface area contributed by atoms with E-state index in [1.165, 1.54) is 31.1 Å². The Kier molecular flexibility index (Phi) is 8.44. The van der Waals surface area contributed by atoms with Gasteiger partial charge in [-0.1, -0.05) is 19.9 Å². The molecule has 0 spiro atoms. The quantitative estimate of drug-likeness (QED) is 0.210. The fraction of sp³-hybridized carbons (Fsp3) is 0.613. The lowest BCUT2D eigenvalue weighted by molar-refractivity contribution is -0.196. The van der Waals surface area contributed by atoms with Crippen molar-refractivity contribution in [2.75, 3.05) is 26.5 Å². The molecule has 13 nitrogen and oxygen atoms in total. The number of fused-ring (bicyclic) bond motifs is 3. The van der Waals surface area contributed by atoms with Crippen LogP contribution in [0, 0.1) is 23.7 Å². The molecule has 4 rings (SSSR count). The maximum atomic E-state index is 14.1. The third-order valence-electron chi connectivity index (χ3n) is 9.96. The molecule has 7 unspecified atom stereocenters. The van der Waals surface area contributed by atoms with E-state index in [9.17, 15) is 44.1 Å². The molecule has 2 saturated carbocycles. The Labute approximate surface area is 255 Å². The standard InChI is InChI=1S/C31H42N4O9/c1-9-15(35(8)30(3,4)5)29(43)33-14-11-10-13-12(2)16-18(23(37)17(13)22(14)36)26(40)31(44)20(24(16)38)21(34(6)7)25(39)19(27(31)41)28(32)42/h10-12,15-16,18-21,24,36,38,44H,9H2,1-8H3,(H2,32,42)(H,33,43)/t12?,15?,16?,18?,19?,20?,21-,24?,31-/m0/s1. The zero-order valence-electron chi connectivity index (χ0n) is 26.2. The van der Waals surface area contributed by atoms with Crippen molar-refractivity contribution in [3.05, 3.63) is 23.3 Å². The summed E-state index contributed by atoms with van der Waals surface area (Å²) in [5.41, 5.74) is 1.84. The topological polar surface area (TPSA) is 208 Å². The summed E-state index contributed by atoms with van der Waals surface area (Å²) < 4.78 is 0. The number of rotatable bonds is 6. The molecule has 0 saturated heterocycles. The highest BCUT2D eigenvalue weighted by atomic mass is 16.3. The Hall–Kier alpha value is -3.52. The fourth-order valence-electron chi connectivity index (χ4n) is 7.41. The Morgan fingerprint density at radius 1 is 1.09 bits per heavy atom. The third kappa shape index (κ3) is 4.68. The summed E-state index contributed by atoms with van der Waals surface area (Å²) in [5, 5.41) is 37.5. The van der Waals surface area contributed by atoms with Crippen LogP contribution in [0.2, 0.25) is 0 Å². The van der Waals surface area contributed by atoms with Crippen LogP contribution < -0.4 is 11.1 Å². The van der Waals surface area contributed by atoms with Gasteiger partial charge in [0.2, 0.25) is 11.8 Å². The Morgan fingerprint density at radius 2 is 1.68 bits per heavy atom. The number of primary amides is 1. The first kappa shape index (κ1) is 33.4. The predicted molar refractivity (Wildman–Crippen MR) is 158 cm³/mol. The number of benzene rings is 1. The number of nitrogens with one attached hydrogen (secondary N) is 1. The van der Waals surface area contributed by atoms with E-state index in [4.69, 9.17) is 5.73 Å². The number of hydrogen-bond donors (Lipinski definition) is 5.